The van der Waals surface area contributed by atoms with Gasteiger partial charge in [-0.2, -0.15) is 5.26 Å². The van der Waals surface area contributed by atoms with E-state index in [1.54, 1.807) is 0 Å². The lowest BCUT2D eigenvalue weighted by Gasteiger charge is -2.17. The van der Waals surface area contributed by atoms with E-state index in [0.717, 1.165) is 39.3 Å². The third kappa shape index (κ3) is 4.09. The number of benzene rings is 6. The summed E-state index contributed by atoms with van der Waals surface area (Å²) in [5.74, 6) is 0. The van der Waals surface area contributed by atoms with Crippen LogP contribution in [0.2, 0.25) is 0 Å². The molecule has 3 nitrogen and oxygen atoms in total. The van der Waals surface area contributed by atoms with E-state index >= 15 is 0 Å². The number of fused-ring (bicyclic) bond motifs is 3. The first-order valence-corrected chi connectivity index (χ1v) is 13.3. The van der Waals surface area contributed by atoms with E-state index in [1.165, 1.54) is 21.8 Å². The molecule has 0 aliphatic rings. The van der Waals surface area contributed by atoms with Gasteiger partial charge in [-0.25, -0.2) is 0 Å². The van der Waals surface area contributed by atoms with Gasteiger partial charge in [-0.15, -0.1) is 0 Å². The lowest BCUT2D eigenvalue weighted by molar-refractivity contribution is 1.18. The Bertz CT molecular complexity index is 1990. The van der Waals surface area contributed by atoms with Gasteiger partial charge >= 0.3 is 0 Å². The summed E-state index contributed by atoms with van der Waals surface area (Å²) in [6, 6.07) is 52.6. The van der Waals surface area contributed by atoms with E-state index in [1.807, 2.05) is 30.3 Å². The molecule has 0 radical (unpaired) electrons. The third-order valence-electron chi connectivity index (χ3n) is 7.44. The average Bonchev–Trinajstić information content (AvgIpc) is 3.36. The number of aromatic nitrogens is 1. The van der Waals surface area contributed by atoms with Crippen LogP contribution in [0.5, 0.6) is 0 Å². The van der Waals surface area contributed by atoms with Gasteiger partial charge in [-0.3, -0.25) is 0 Å². The van der Waals surface area contributed by atoms with Crippen LogP contribution in [0.1, 0.15) is 5.56 Å². The highest BCUT2D eigenvalue weighted by molar-refractivity contribution is 6.09. The van der Waals surface area contributed by atoms with Crippen molar-refractivity contribution in [2.45, 2.75) is 0 Å². The molecule has 3 heteroatoms. The maximum absolute atomic E-state index is 9.74. The predicted octanol–water partition coefficient (Wildman–Crippen LogP) is 9.73. The monoisotopic (exact) mass is 511 g/mol. The van der Waals surface area contributed by atoms with E-state index in [9.17, 15) is 5.26 Å². The Morgan fingerprint density at radius 1 is 0.500 bits per heavy atom. The third-order valence-corrected chi connectivity index (χ3v) is 7.44. The number of rotatable bonds is 5. The van der Waals surface area contributed by atoms with E-state index in [2.05, 4.69) is 131 Å². The van der Waals surface area contributed by atoms with Crippen molar-refractivity contribution in [1.29, 1.82) is 5.26 Å². The van der Waals surface area contributed by atoms with Gasteiger partial charge in [-0.1, -0.05) is 103 Å². The van der Waals surface area contributed by atoms with Gasteiger partial charge in [-0.05, 0) is 59.2 Å². The molecule has 0 saturated heterocycles. The van der Waals surface area contributed by atoms with Gasteiger partial charge < -0.3 is 9.88 Å². The molecule has 0 aliphatic carbocycles. The van der Waals surface area contributed by atoms with Gasteiger partial charge in [0.25, 0.3) is 0 Å². The van der Waals surface area contributed by atoms with Crippen LogP contribution in [0.15, 0.2) is 146 Å². The number of hydrogen-bond donors (Lipinski definition) is 1. The standard InChI is InChI=1S/C37H25N3/c38-25-29-13-4-7-18-34(29)39-35-24-27(26-11-2-1-3-12-26)21-22-31(35)28-14-10-15-30(23-28)40-36-19-8-5-16-32(36)33-17-6-9-20-37(33)40/h1-24,39H. The molecule has 0 aliphatic heterocycles. The van der Waals surface area contributed by atoms with E-state index in [4.69, 9.17) is 0 Å². The zero-order valence-corrected chi connectivity index (χ0v) is 21.8. The predicted molar refractivity (Wildman–Crippen MR) is 166 cm³/mol. The Hall–Kier alpha value is -5.59. The molecule has 7 aromatic rings. The van der Waals surface area contributed by atoms with Crippen molar-refractivity contribution in [1.82, 2.24) is 4.57 Å². The molecule has 0 saturated carbocycles. The molecule has 6 aromatic carbocycles. The first-order chi connectivity index (χ1) is 19.8. The zero-order chi connectivity index (χ0) is 26.9. The number of nitrogens with zero attached hydrogens (tertiary/aromatic N) is 2. The summed E-state index contributed by atoms with van der Waals surface area (Å²) in [6.45, 7) is 0. The second-order valence-electron chi connectivity index (χ2n) is 9.83. The molecule has 0 unspecified atom stereocenters. The maximum atomic E-state index is 9.74. The second-order valence-corrected chi connectivity index (χ2v) is 9.83. The Balaban J connectivity index is 1.41. The summed E-state index contributed by atoms with van der Waals surface area (Å²) < 4.78 is 2.34. The number of nitriles is 1. The Labute approximate surface area is 233 Å². The fourth-order valence-corrected chi connectivity index (χ4v) is 5.56. The summed E-state index contributed by atoms with van der Waals surface area (Å²) >= 11 is 0. The highest BCUT2D eigenvalue weighted by atomic mass is 15.0. The Kier molecular flexibility index (Phi) is 5.85. The molecule has 0 bridgehead atoms. The lowest BCUT2D eigenvalue weighted by Crippen LogP contribution is -1.98. The van der Waals surface area contributed by atoms with Crippen LogP contribution < -0.4 is 5.32 Å². The summed E-state index contributed by atoms with van der Waals surface area (Å²) in [5.41, 5.74) is 10.2. The number of hydrogen-bond acceptors (Lipinski definition) is 2. The average molecular weight is 512 g/mol. The number of para-hydroxylation sites is 3. The van der Waals surface area contributed by atoms with Crippen LogP contribution >= 0.6 is 0 Å². The van der Waals surface area contributed by atoms with E-state index in [-0.39, 0.29) is 0 Å². The molecule has 0 fully saturated rings. The van der Waals surface area contributed by atoms with E-state index < -0.39 is 0 Å². The Morgan fingerprint density at radius 2 is 1.15 bits per heavy atom. The number of anilines is 2. The van der Waals surface area contributed by atoms with Gasteiger partial charge in [0.2, 0.25) is 0 Å². The molecule has 40 heavy (non-hydrogen) atoms. The Morgan fingerprint density at radius 3 is 1.90 bits per heavy atom. The minimum atomic E-state index is 0.609. The van der Waals surface area contributed by atoms with E-state index in [0.29, 0.717) is 5.56 Å². The first kappa shape index (κ1) is 23.5. The molecule has 0 atom stereocenters. The van der Waals surface area contributed by atoms with Gasteiger partial charge in [0.05, 0.1) is 22.3 Å². The minimum absolute atomic E-state index is 0.609. The fourth-order valence-electron chi connectivity index (χ4n) is 5.56. The van der Waals surface area contributed by atoms with Crippen LogP contribution in [-0.4, -0.2) is 4.57 Å². The first-order valence-electron chi connectivity index (χ1n) is 13.3. The van der Waals surface area contributed by atoms with Gasteiger partial charge in [0.1, 0.15) is 6.07 Å². The maximum Gasteiger partial charge on any atom is 0.101 e. The number of nitrogens with one attached hydrogen (secondary N) is 1. The molecule has 1 aromatic heterocycles. The molecular weight excluding hydrogens is 486 g/mol. The van der Waals surface area contributed by atoms with Crippen molar-refractivity contribution in [3.63, 3.8) is 0 Å². The van der Waals surface area contributed by atoms with Crippen molar-refractivity contribution in [3.8, 4) is 34.0 Å². The van der Waals surface area contributed by atoms with Crippen molar-refractivity contribution in [2.75, 3.05) is 5.32 Å². The summed E-state index contributed by atoms with van der Waals surface area (Å²) in [6.07, 6.45) is 0. The normalized spacial score (nSPS) is 11.0. The molecule has 0 spiro atoms. The molecule has 1 heterocycles. The topological polar surface area (TPSA) is 40.8 Å². The largest absolute Gasteiger partial charge is 0.354 e. The van der Waals surface area contributed by atoms with Crippen molar-refractivity contribution in [3.05, 3.63) is 151 Å². The zero-order valence-electron chi connectivity index (χ0n) is 21.8. The SMILES string of the molecule is N#Cc1ccccc1Nc1cc(-c2ccccc2)ccc1-c1cccc(-n2c3ccccc3c3ccccc32)c1. The second kappa shape index (κ2) is 9.94. The van der Waals surface area contributed by atoms with Crippen LogP contribution in [0.4, 0.5) is 11.4 Å². The fraction of sp³-hybridized carbons (Fsp3) is 0. The van der Waals surface area contributed by atoms with Gasteiger partial charge in [0.15, 0.2) is 0 Å². The summed E-state index contributed by atoms with van der Waals surface area (Å²) in [7, 11) is 0. The molecular formula is C37H25N3. The summed E-state index contributed by atoms with van der Waals surface area (Å²) in [4.78, 5) is 0. The highest BCUT2D eigenvalue weighted by Crippen LogP contribution is 2.37. The van der Waals surface area contributed by atoms with Crippen LogP contribution in [0.3, 0.4) is 0 Å². The summed E-state index contributed by atoms with van der Waals surface area (Å²) in [5, 5.41) is 15.8. The highest BCUT2D eigenvalue weighted by Gasteiger charge is 2.14. The quantitative estimate of drug-likeness (QED) is 0.250. The van der Waals surface area contributed by atoms with Crippen LogP contribution in [0.25, 0.3) is 49.7 Å². The van der Waals surface area contributed by atoms with Crippen molar-refractivity contribution < 1.29 is 0 Å². The molecule has 0 amide bonds. The molecule has 7 rings (SSSR count). The smallest absolute Gasteiger partial charge is 0.101 e. The van der Waals surface area contributed by atoms with Crippen molar-refractivity contribution in [2.24, 2.45) is 0 Å². The van der Waals surface area contributed by atoms with Gasteiger partial charge in [0, 0.05) is 27.7 Å². The lowest BCUT2D eigenvalue weighted by atomic mass is 9.97. The van der Waals surface area contributed by atoms with Crippen LogP contribution in [-0.2, 0) is 0 Å². The molecule has 1 N–H and O–H groups in total. The van der Waals surface area contributed by atoms with Crippen molar-refractivity contribution >= 4 is 33.2 Å². The minimum Gasteiger partial charge on any atom is -0.354 e. The molecule has 188 valence electrons. The van der Waals surface area contributed by atoms with Crippen LogP contribution in [0, 0.1) is 11.3 Å².